The fraction of sp³-hybridized carbons (Fsp3) is 0.696. The molecule has 0 amide bonds. The van der Waals surface area contributed by atoms with Crippen molar-refractivity contribution in [2.45, 2.75) is 33.0 Å². The number of nitrogens with zero attached hydrogens (tertiary/aromatic N) is 3. The van der Waals surface area contributed by atoms with Gasteiger partial charge in [-0.2, -0.15) is 0 Å². The number of ether oxygens (including phenoxy) is 2. The number of aliphatic imine (C=N–C) groups is 1. The van der Waals surface area contributed by atoms with E-state index in [4.69, 9.17) is 9.47 Å². The van der Waals surface area contributed by atoms with Crippen molar-refractivity contribution in [2.75, 3.05) is 59.5 Å². The molecular formula is C23H39IN4O2. The number of hydrogen-bond donors (Lipinski definition) is 1. The molecule has 2 heterocycles. The molecule has 0 saturated carbocycles. The smallest absolute Gasteiger partial charge is 0.193 e. The number of morpholine rings is 1. The van der Waals surface area contributed by atoms with E-state index in [2.05, 4.69) is 58.2 Å². The van der Waals surface area contributed by atoms with Crippen LogP contribution < -0.4 is 5.32 Å². The van der Waals surface area contributed by atoms with Crippen LogP contribution >= 0.6 is 24.0 Å². The predicted molar refractivity (Wildman–Crippen MR) is 134 cm³/mol. The summed E-state index contributed by atoms with van der Waals surface area (Å²) in [6, 6.07) is 10.4. The van der Waals surface area contributed by atoms with E-state index in [0.29, 0.717) is 18.4 Å². The van der Waals surface area contributed by atoms with Crippen molar-refractivity contribution < 1.29 is 9.47 Å². The zero-order valence-electron chi connectivity index (χ0n) is 18.8. The first-order chi connectivity index (χ1) is 14.1. The van der Waals surface area contributed by atoms with Crippen LogP contribution in [0.5, 0.6) is 0 Å². The van der Waals surface area contributed by atoms with Gasteiger partial charge >= 0.3 is 0 Å². The number of guanidine groups is 1. The zero-order valence-corrected chi connectivity index (χ0v) is 21.1. The first kappa shape index (κ1) is 25.4. The van der Waals surface area contributed by atoms with Crippen LogP contribution in [0.2, 0.25) is 0 Å². The van der Waals surface area contributed by atoms with E-state index in [0.717, 1.165) is 64.9 Å². The molecule has 0 radical (unpaired) electrons. The normalized spacial score (nSPS) is 22.9. The molecule has 7 heteroatoms. The SMILES string of the molecule is CN=C(NCC1CN(CC(C)C)CCO1)N1CCC(COCc2ccccc2)C1.I. The molecule has 0 spiro atoms. The van der Waals surface area contributed by atoms with Crippen LogP contribution in [0.1, 0.15) is 25.8 Å². The highest BCUT2D eigenvalue weighted by Gasteiger charge is 2.26. The first-order valence-electron chi connectivity index (χ1n) is 11.0. The molecule has 0 aromatic heterocycles. The molecule has 1 aromatic rings. The summed E-state index contributed by atoms with van der Waals surface area (Å²) in [7, 11) is 1.87. The number of halogens is 1. The molecule has 2 aliphatic heterocycles. The maximum Gasteiger partial charge on any atom is 0.193 e. The lowest BCUT2D eigenvalue weighted by Crippen LogP contribution is -2.50. The molecule has 0 bridgehead atoms. The van der Waals surface area contributed by atoms with E-state index in [1.807, 2.05) is 13.1 Å². The van der Waals surface area contributed by atoms with Crippen molar-refractivity contribution in [3.05, 3.63) is 35.9 Å². The van der Waals surface area contributed by atoms with Gasteiger partial charge in [0.2, 0.25) is 0 Å². The second-order valence-corrected chi connectivity index (χ2v) is 8.68. The molecular weight excluding hydrogens is 491 g/mol. The standard InChI is InChI=1S/C23H38N4O2.HI/c1-19(2)14-26-11-12-29-22(16-26)13-25-23(24-3)27-10-9-21(15-27)18-28-17-20-7-5-4-6-8-20;/h4-8,19,21-22H,9-18H2,1-3H3,(H,24,25);1H. The number of hydrogen-bond acceptors (Lipinski definition) is 4. The van der Waals surface area contributed by atoms with Gasteiger partial charge in [0.25, 0.3) is 0 Å². The van der Waals surface area contributed by atoms with E-state index >= 15 is 0 Å². The fourth-order valence-electron chi connectivity index (χ4n) is 4.20. The van der Waals surface area contributed by atoms with Crippen molar-refractivity contribution in [3.8, 4) is 0 Å². The summed E-state index contributed by atoms with van der Waals surface area (Å²) in [4.78, 5) is 9.37. The molecule has 3 rings (SSSR count). The average molecular weight is 530 g/mol. The van der Waals surface area contributed by atoms with Gasteiger partial charge < -0.3 is 19.7 Å². The lowest BCUT2D eigenvalue weighted by atomic mass is 10.1. The predicted octanol–water partition coefficient (Wildman–Crippen LogP) is 3.08. The van der Waals surface area contributed by atoms with Crippen LogP contribution in [0.15, 0.2) is 35.3 Å². The molecule has 1 N–H and O–H groups in total. The van der Waals surface area contributed by atoms with Crippen LogP contribution in [-0.4, -0.2) is 81.4 Å². The lowest BCUT2D eigenvalue weighted by Gasteiger charge is -2.34. The summed E-state index contributed by atoms with van der Waals surface area (Å²) in [6.07, 6.45) is 1.38. The topological polar surface area (TPSA) is 49.3 Å². The summed E-state index contributed by atoms with van der Waals surface area (Å²) < 4.78 is 11.9. The van der Waals surface area contributed by atoms with Crippen LogP contribution in [-0.2, 0) is 16.1 Å². The summed E-state index contributed by atoms with van der Waals surface area (Å²) in [5.74, 6) is 2.24. The summed E-state index contributed by atoms with van der Waals surface area (Å²) in [6.45, 7) is 12.9. The Balaban J connectivity index is 0.00000320. The van der Waals surface area contributed by atoms with Gasteiger partial charge in [-0.3, -0.25) is 9.89 Å². The maximum atomic E-state index is 5.97. The van der Waals surface area contributed by atoms with Crippen LogP contribution in [0.3, 0.4) is 0 Å². The van der Waals surface area contributed by atoms with Crippen molar-refractivity contribution in [1.82, 2.24) is 15.1 Å². The molecule has 2 atom stereocenters. The van der Waals surface area contributed by atoms with Crippen molar-refractivity contribution >= 4 is 29.9 Å². The van der Waals surface area contributed by atoms with Crippen LogP contribution in [0.4, 0.5) is 0 Å². The van der Waals surface area contributed by atoms with Gasteiger partial charge in [0.15, 0.2) is 5.96 Å². The molecule has 30 heavy (non-hydrogen) atoms. The highest BCUT2D eigenvalue weighted by atomic mass is 127. The van der Waals surface area contributed by atoms with E-state index in [-0.39, 0.29) is 30.1 Å². The van der Waals surface area contributed by atoms with E-state index < -0.39 is 0 Å². The van der Waals surface area contributed by atoms with Gasteiger partial charge in [0, 0.05) is 52.2 Å². The first-order valence-corrected chi connectivity index (χ1v) is 11.0. The minimum atomic E-state index is 0. The van der Waals surface area contributed by atoms with Gasteiger partial charge in [-0.25, -0.2) is 0 Å². The highest BCUT2D eigenvalue weighted by molar-refractivity contribution is 14.0. The average Bonchev–Trinajstić information content (AvgIpc) is 3.18. The molecule has 2 aliphatic rings. The van der Waals surface area contributed by atoms with Crippen molar-refractivity contribution in [3.63, 3.8) is 0 Å². The third kappa shape index (κ3) is 8.32. The Labute approximate surface area is 199 Å². The minimum Gasteiger partial charge on any atom is -0.376 e. The second kappa shape index (κ2) is 13.5. The second-order valence-electron chi connectivity index (χ2n) is 8.68. The molecule has 2 unspecified atom stereocenters. The molecule has 2 fully saturated rings. The number of nitrogens with one attached hydrogen (secondary N) is 1. The van der Waals surface area contributed by atoms with Crippen LogP contribution in [0.25, 0.3) is 0 Å². The molecule has 6 nitrogen and oxygen atoms in total. The lowest BCUT2D eigenvalue weighted by molar-refractivity contribution is -0.0286. The third-order valence-corrected chi connectivity index (χ3v) is 5.60. The van der Waals surface area contributed by atoms with Crippen molar-refractivity contribution in [2.24, 2.45) is 16.8 Å². The zero-order chi connectivity index (χ0) is 20.5. The largest absolute Gasteiger partial charge is 0.376 e. The summed E-state index contributed by atoms with van der Waals surface area (Å²) >= 11 is 0. The molecule has 0 aliphatic carbocycles. The fourth-order valence-corrected chi connectivity index (χ4v) is 4.20. The Morgan fingerprint density at radius 3 is 2.77 bits per heavy atom. The van der Waals surface area contributed by atoms with Gasteiger partial charge in [-0.15, -0.1) is 24.0 Å². The molecule has 170 valence electrons. The Morgan fingerprint density at radius 2 is 2.03 bits per heavy atom. The van der Waals surface area contributed by atoms with E-state index in [1.54, 1.807) is 0 Å². The maximum absolute atomic E-state index is 5.97. The van der Waals surface area contributed by atoms with Gasteiger partial charge in [-0.1, -0.05) is 44.2 Å². The minimum absolute atomic E-state index is 0. The Hall–Kier alpha value is -0.900. The Kier molecular flexibility index (Phi) is 11.4. The Bertz CT molecular complexity index is 629. The molecule has 1 aromatic carbocycles. The van der Waals surface area contributed by atoms with Crippen molar-refractivity contribution in [1.29, 1.82) is 0 Å². The van der Waals surface area contributed by atoms with E-state index in [1.165, 1.54) is 5.56 Å². The number of rotatable bonds is 8. The number of benzene rings is 1. The quantitative estimate of drug-likeness (QED) is 0.318. The monoisotopic (exact) mass is 530 g/mol. The number of likely N-dealkylation sites (tertiary alicyclic amines) is 1. The third-order valence-electron chi connectivity index (χ3n) is 5.60. The van der Waals surface area contributed by atoms with Gasteiger partial charge in [-0.05, 0) is 17.9 Å². The van der Waals surface area contributed by atoms with Gasteiger partial charge in [0.1, 0.15) is 0 Å². The van der Waals surface area contributed by atoms with Crippen LogP contribution in [0, 0.1) is 11.8 Å². The molecule has 2 saturated heterocycles. The van der Waals surface area contributed by atoms with Gasteiger partial charge in [0.05, 0.1) is 25.9 Å². The highest BCUT2D eigenvalue weighted by Crippen LogP contribution is 2.17. The summed E-state index contributed by atoms with van der Waals surface area (Å²) in [5.41, 5.74) is 1.24. The van der Waals surface area contributed by atoms with E-state index in [9.17, 15) is 0 Å². The summed E-state index contributed by atoms with van der Waals surface area (Å²) in [5, 5.41) is 3.54. The Morgan fingerprint density at radius 1 is 1.23 bits per heavy atom.